The smallest absolute Gasteiger partial charge is 0.254 e. The zero-order valence-electron chi connectivity index (χ0n) is 24.4. The summed E-state index contributed by atoms with van der Waals surface area (Å²) >= 11 is 0. The minimum Gasteiger partial charge on any atom is -0.343 e. The highest BCUT2D eigenvalue weighted by Crippen LogP contribution is 2.34. The number of likely N-dealkylation sites (tertiary alicyclic amines) is 2. The predicted octanol–water partition coefficient (Wildman–Crippen LogP) is 4.97. The van der Waals surface area contributed by atoms with E-state index in [4.69, 9.17) is 0 Å². The average Bonchev–Trinajstić information content (AvgIpc) is 3.63. The lowest BCUT2D eigenvalue weighted by atomic mass is 9.84. The summed E-state index contributed by atoms with van der Waals surface area (Å²) in [7, 11) is 0. The van der Waals surface area contributed by atoms with Crippen LogP contribution in [0.4, 0.5) is 0 Å². The van der Waals surface area contributed by atoms with Gasteiger partial charge in [-0.05, 0) is 42.0 Å². The Hall–Kier alpha value is -4.26. The Bertz CT molecular complexity index is 1400. The Balaban J connectivity index is 1.25. The van der Waals surface area contributed by atoms with Crippen LogP contribution in [0, 0.1) is 5.92 Å². The van der Waals surface area contributed by atoms with Gasteiger partial charge in [0.15, 0.2) is 5.78 Å². The lowest BCUT2D eigenvalue weighted by molar-refractivity contribution is -0.140. The Morgan fingerprint density at radius 1 is 0.744 bits per heavy atom. The van der Waals surface area contributed by atoms with E-state index in [2.05, 4.69) is 5.32 Å². The summed E-state index contributed by atoms with van der Waals surface area (Å²) in [6, 6.07) is 26.5. The van der Waals surface area contributed by atoms with Crippen molar-refractivity contribution in [2.75, 3.05) is 13.1 Å². The number of Topliss-reactive ketones (excluding diaryl/α,β-unsaturated/α-hetero) is 1. The lowest BCUT2D eigenvalue weighted by Crippen LogP contribution is -2.53. The van der Waals surface area contributed by atoms with Crippen LogP contribution < -0.4 is 5.32 Å². The van der Waals surface area contributed by atoms with Crippen LogP contribution in [0.3, 0.4) is 0 Å². The van der Waals surface area contributed by atoms with Crippen molar-refractivity contribution in [1.29, 1.82) is 0 Å². The molecular weight excluding hydrogens is 538 g/mol. The van der Waals surface area contributed by atoms with Crippen LogP contribution >= 0.6 is 0 Å². The summed E-state index contributed by atoms with van der Waals surface area (Å²) in [5.41, 5.74) is 2.26. The second-order valence-electron chi connectivity index (χ2n) is 12.2. The SMILES string of the molecule is O=C(NC(CC1CCCCC1)C(=O)N1CCC2C1C(=O)CN2C(=O)c1ccccc1)C(c1ccccc1)c1ccccc1. The van der Waals surface area contributed by atoms with Crippen molar-refractivity contribution < 1.29 is 19.2 Å². The van der Waals surface area contributed by atoms with Crippen molar-refractivity contribution >= 4 is 23.5 Å². The lowest BCUT2D eigenvalue weighted by Gasteiger charge is -2.32. The molecule has 1 N–H and O–H groups in total. The van der Waals surface area contributed by atoms with Crippen LogP contribution in [-0.2, 0) is 14.4 Å². The molecule has 7 heteroatoms. The number of nitrogens with zero attached hydrogens (tertiary/aromatic N) is 2. The summed E-state index contributed by atoms with van der Waals surface area (Å²) < 4.78 is 0. The third-order valence-electron chi connectivity index (χ3n) is 9.42. The summed E-state index contributed by atoms with van der Waals surface area (Å²) in [6.45, 7) is 0.382. The fourth-order valence-electron chi connectivity index (χ4n) is 7.30. The van der Waals surface area contributed by atoms with E-state index in [1.54, 1.807) is 21.9 Å². The van der Waals surface area contributed by atoms with E-state index in [9.17, 15) is 19.2 Å². The second kappa shape index (κ2) is 12.9. The maximum absolute atomic E-state index is 14.3. The highest BCUT2D eigenvalue weighted by atomic mass is 16.2. The Kier molecular flexibility index (Phi) is 8.68. The van der Waals surface area contributed by atoms with Crippen LogP contribution in [0.5, 0.6) is 0 Å². The topological polar surface area (TPSA) is 86.8 Å². The number of carbonyl (C=O) groups excluding carboxylic acids is 4. The molecule has 3 unspecified atom stereocenters. The third kappa shape index (κ3) is 6.12. The maximum atomic E-state index is 14.3. The molecule has 3 aliphatic rings. The number of hydrogen-bond acceptors (Lipinski definition) is 4. The molecule has 0 aromatic heterocycles. The Morgan fingerprint density at radius 2 is 1.33 bits per heavy atom. The van der Waals surface area contributed by atoms with Gasteiger partial charge in [-0.15, -0.1) is 0 Å². The van der Waals surface area contributed by atoms with Crippen LogP contribution in [0.1, 0.15) is 72.3 Å². The largest absolute Gasteiger partial charge is 0.343 e. The predicted molar refractivity (Wildman–Crippen MR) is 164 cm³/mol. The van der Waals surface area contributed by atoms with Crippen LogP contribution in [-0.4, -0.2) is 64.5 Å². The monoisotopic (exact) mass is 577 g/mol. The van der Waals surface area contributed by atoms with Crippen molar-refractivity contribution in [3.63, 3.8) is 0 Å². The van der Waals surface area contributed by atoms with Crippen LogP contribution in [0.15, 0.2) is 91.0 Å². The molecule has 3 fully saturated rings. The van der Waals surface area contributed by atoms with Gasteiger partial charge in [-0.3, -0.25) is 19.2 Å². The van der Waals surface area contributed by atoms with Gasteiger partial charge >= 0.3 is 0 Å². The van der Waals surface area contributed by atoms with Crippen molar-refractivity contribution in [3.05, 3.63) is 108 Å². The molecule has 222 valence electrons. The van der Waals surface area contributed by atoms with E-state index < -0.39 is 18.0 Å². The van der Waals surface area contributed by atoms with Gasteiger partial charge < -0.3 is 15.1 Å². The number of amides is 3. The van der Waals surface area contributed by atoms with Gasteiger partial charge in [-0.25, -0.2) is 0 Å². The second-order valence-corrected chi connectivity index (χ2v) is 12.2. The number of carbonyl (C=O) groups is 4. The molecule has 3 aromatic rings. The van der Waals surface area contributed by atoms with Gasteiger partial charge in [0.05, 0.1) is 18.5 Å². The van der Waals surface area contributed by atoms with Crippen LogP contribution in [0.25, 0.3) is 0 Å². The van der Waals surface area contributed by atoms with Gasteiger partial charge in [0, 0.05) is 12.1 Å². The number of fused-ring (bicyclic) bond motifs is 1. The summed E-state index contributed by atoms with van der Waals surface area (Å²) in [5, 5.41) is 3.17. The molecular formula is C36H39N3O4. The van der Waals surface area contributed by atoms with E-state index in [0.717, 1.165) is 36.8 Å². The number of hydrogen-bond donors (Lipinski definition) is 1. The van der Waals surface area contributed by atoms with Crippen molar-refractivity contribution in [1.82, 2.24) is 15.1 Å². The highest BCUT2D eigenvalue weighted by Gasteiger charge is 2.52. The van der Waals surface area contributed by atoms with Gasteiger partial charge in [-0.1, -0.05) is 111 Å². The summed E-state index contributed by atoms with van der Waals surface area (Å²) in [4.78, 5) is 58.4. The molecule has 1 aliphatic carbocycles. The third-order valence-corrected chi connectivity index (χ3v) is 9.42. The van der Waals surface area contributed by atoms with Crippen LogP contribution in [0.2, 0.25) is 0 Å². The number of ketones is 1. The average molecular weight is 578 g/mol. The first kappa shape index (κ1) is 28.8. The van der Waals surface area contributed by atoms with Crippen molar-refractivity contribution in [2.45, 2.75) is 69.0 Å². The Morgan fingerprint density at radius 3 is 1.93 bits per heavy atom. The summed E-state index contributed by atoms with van der Waals surface area (Å²) in [6.07, 6.45) is 6.60. The van der Waals surface area contributed by atoms with Gasteiger partial charge in [0.2, 0.25) is 11.8 Å². The number of rotatable bonds is 8. The van der Waals surface area contributed by atoms with E-state index in [1.807, 2.05) is 78.9 Å². The first-order valence-electron chi connectivity index (χ1n) is 15.6. The van der Waals surface area contributed by atoms with Gasteiger partial charge in [-0.2, -0.15) is 0 Å². The molecule has 43 heavy (non-hydrogen) atoms. The molecule has 2 heterocycles. The molecule has 7 nitrogen and oxygen atoms in total. The molecule has 2 aliphatic heterocycles. The first-order chi connectivity index (χ1) is 21.0. The fourth-order valence-corrected chi connectivity index (χ4v) is 7.30. The normalized spacial score (nSPS) is 21.1. The Labute approximate surface area is 253 Å². The molecule has 2 saturated heterocycles. The summed E-state index contributed by atoms with van der Waals surface area (Å²) in [5.74, 6) is -0.966. The van der Waals surface area contributed by atoms with E-state index in [1.165, 1.54) is 6.42 Å². The maximum Gasteiger partial charge on any atom is 0.254 e. The number of benzene rings is 3. The van der Waals surface area contributed by atoms with E-state index in [0.29, 0.717) is 30.9 Å². The molecule has 3 amide bonds. The van der Waals surface area contributed by atoms with Crippen molar-refractivity contribution in [2.24, 2.45) is 5.92 Å². The number of nitrogens with one attached hydrogen (secondary N) is 1. The minimum atomic E-state index is -0.740. The quantitative estimate of drug-likeness (QED) is 0.410. The molecule has 3 atom stereocenters. The molecule has 6 rings (SSSR count). The zero-order valence-corrected chi connectivity index (χ0v) is 24.4. The molecule has 1 saturated carbocycles. The molecule has 0 radical (unpaired) electrons. The molecule has 0 bridgehead atoms. The van der Waals surface area contributed by atoms with Crippen molar-refractivity contribution in [3.8, 4) is 0 Å². The highest BCUT2D eigenvalue weighted by molar-refractivity contribution is 6.03. The van der Waals surface area contributed by atoms with E-state index >= 15 is 0 Å². The zero-order chi connectivity index (χ0) is 29.8. The minimum absolute atomic E-state index is 0.00339. The van der Waals surface area contributed by atoms with Gasteiger partial charge in [0.25, 0.3) is 5.91 Å². The fraction of sp³-hybridized carbons (Fsp3) is 0.389. The first-order valence-corrected chi connectivity index (χ1v) is 15.6. The molecule has 0 spiro atoms. The van der Waals surface area contributed by atoms with Gasteiger partial charge in [0.1, 0.15) is 12.1 Å². The molecule has 3 aromatic carbocycles. The van der Waals surface area contributed by atoms with E-state index in [-0.39, 0.29) is 36.1 Å². The standard InChI is InChI=1S/C36H39N3O4/c40-31-24-39(35(42)28-19-11-4-12-20-28)30-21-22-38(33(30)31)36(43)29(23-25-13-5-1-6-14-25)37-34(41)32(26-15-7-2-8-16-26)27-17-9-3-10-18-27/h2-4,7-12,15-20,25,29-30,32-33H,1,5-6,13-14,21-24H2,(H,37,41).